The Morgan fingerprint density at radius 3 is 2.72 bits per heavy atom. The monoisotopic (exact) mass is 443 g/mol. The van der Waals surface area contributed by atoms with Crippen LogP contribution in [0.15, 0.2) is 35.6 Å². The quantitative estimate of drug-likeness (QED) is 0.573. The van der Waals surface area contributed by atoms with Gasteiger partial charge < -0.3 is 5.73 Å². The van der Waals surface area contributed by atoms with Crippen molar-refractivity contribution in [3.8, 4) is 17.3 Å². The number of imidazole rings is 1. The smallest absolute Gasteiger partial charge is 0.241 e. The molecule has 2 aromatic heterocycles. The van der Waals surface area contributed by atoms with E-state index >= 15 is 0 Å². The highest BCUT2D eigenvalue weighted by Crippen LogP contribution is 3.19. The van der Waals surface area contributed by atoms with E-state index in [-0.39, 0.29) is 27.1 Å². The number of nitrogens with two attached hydrogens (primary N) is 1. The summed E-state index contributed by atoms with van der Waals surface area (Å²) in [5, 5.41) is 14.0. The van der Waals surface area contributed by atoms with Crippen molar-refractivity contribution in [3.63, 3.8) is 0 Å². The van der Waals surface area contributed by atoms with Crippen molar-refractivity contribution in [1.29, 1.82) is 5.26 Å². The van der Waals surface area contributed by atoms with E-state index in [2.05, 4.69) is 25.9 Å². The van der Waals surface area contributed by atoms with E-state index in [1.807, 2.05) is 13.0 Å². The maximum absolute atomic E-state index is 13.5. The summed E-state index contributed by atoms with van der Waals surface area (Å²) in [6.07, 6.45) is 3.00. The first-order chi connectivity index (χ1) is 15.4. The molecular formula is C22H17N7O2S. The molecule has 5 aliphatic rings. The number of aryl methyl sites for hydroxylation is 1. The fourth-order valence-corrected chi connectivity index (χ4v) is 11.4. The maximum atomic E-state index is 13.5. The van der Waals surface area contributed by atoms with Gasteiger partial charge in [-0.05, 0) is 60.1 Å². The van der Waals surface area contributed by atoms with E-state index in [0.29, 0.717) is 46.8 Å². The largest absolute Gasteiger partial charge is 0.381 e. The first kappa shape index (κ1) is 16.6. The summed E-state index contributed by atoms with van der Waals surface area (Å²) in [7, 11) is -3.70. The van der Waals surface area contributed by atoms with Crippen molar-refractivity contribution in [3.05, 3.63) is 36.3 Å². The second-order valence-corrected chi connectivity index (χ2v) is 12.2. The van der Waals surface area contributed by atoms with Crippen LogP contribution in [0.3, 0.4) is 0 Å². The van der Waals surface area contributed by atoms with Gasteiger partial charge in [-0.25, -0.2) is 27.6 Å². The Balaban J connectivity index is 1.12. The number of rotatable bonds is 4. The average Bonchev–Trinajstić information content (AvgIpc) is 3.30. The van der Waals surface area contributed by atoms with Gasteiger partial charge in [-0.3, -0.25) is 0 Å². The Kier molecular flexibility index (Phi) is 2.15. The molecule has 0 aliphatic heterocycles. The van der Waals surface area contributed by atoms with E-state index in [1.165, 1.54) is 6.33 Å². The van der Waals surface area contributed by atoms with Crippen LogP contribution in [0.25, 0.3) is 16.9 Å². The number of fused-ring (bicyclic) bond motifs is 11. The van der Waals surface area contributed by atoms with Gasteiger partial charge >= 0.3 is 0 Å². The second-order valence-electron chi connectivity index (χ2n) is 10.5. The number of nitriles is 1. The fraction of sp³-hybridized carbons (Fsp3) is 0.455. The number of nitrogens with one attached hydrogen (secondary N) is 1. The van der Waals surface area contributed by atoms with Gasteiger partial charge in [0.1, 0.15) is 6.33 Å². The highest BCUT2D eigenvalue weighted by molar-refractivity contribution is 7.89. The Hall–Kier alpha value is -3.03. The molecule has 1 spiro atoms. The van der Waals surface area contributed by atoms with Crippen LogP contribution in [0.1, 0.15) is 5.56 Å². The summed E-state index contributed by atoms with van der Waals surface area (Å²) in [6.45, 7) is 1.93. The standard InChI is InChI=1S/C22H17N7O2S/c1-8-2-3-9(4-10(8)11-5-25-19-18(24)26-7-27-29(11)19)32(30,31)28-22-15-12-13-14-17(22)21(13,22)16(15)20(12,14)6-23/h2-5,7,12-17,28H,1H3,(H2,24,26,27). The number of anilines is 1. The number of benzene rings is 1. The van der Waals surface area contributed by atoms with Gasteiger partial charge in [-0.2, -0.15) is 10.4 Å². The van der Waals surface area contributed by atoms with Crippen LogP contribution < -0.4 is 10.5 Å². The first-order valence-electron chi connectivity index (χ1n) is 10.9. The second kappa shape index (κ2) is 4.16. The molecule has 9 atom stereocenters. The van der Waals surface area contributed by atoms with Gasteiger partial charge in [0.2, 0.25) is 10.0 Å². The zero-order valence-electron chi connectivity index (χ0n) is 16.9. The highest BCUT2D eigenvalue weighted by Gasteiger charge is 3.23. The van der Waals surface area contributed by atoms with Crippen molar-refractivity contribution in [1.82, 2.24) is 24.3 Å². The Labute approximate surface area is 182 Å². The van der Waals surface area contributed by atoms with Crippen molar-refractivity contribution < 1.29 is 8.42 Å². The lowest BCUT2D eigenvalue weighted by Crippen LogP contribution is -2.75. The van der Waals surface area contributed by atoms with Crippen molar-refractivity contribution in [2.24, 2.45) is 46.3 Å². The van der Waals surface area contributed by atoms with Gasteiger partial charge in [0, 0.05) is 16.5 Å². The molecule has 3 N–H and O–H groups in total. The normalized spacial score (nSPS) is 46.5. The Morgan fingerprint density at radius 1 is 1.19 bits per heavy atom. The molecule has 0 radical (unpaired) electrons. The average molecular weight is 443 g/mol. The lowest BCUT2D eigenvalue weighted by Gasteiger charge is -2.70. The van der Waals surface area contributed by atoms with Crippen LogP contribution in [0.2, 0.25) is 0 Å². The van der Waals surface area contributed by atoms with Crippen LogP contribution in [0.4, 0.5) is 5.82 Å². The molecule has 5 fully saturated rings. The summed E-state index contributed by atoms with van der Waals surface area (Å²) >= 11 is 0. The lowest BCUT2D eigenvalue weighted by molar-refractivity contribution is -0.223. The lowest BCUT2D eigenvalue weighted by atomic mass is 9.32. The SMILES string of the molecule is Cc1ccc(S(=O)(=O)NC23C4C5C6C7C2C63C4C57C#N)cc1-c1cnc2c(N)ncnn12. The van der Waals surface area contributed by atoms with E-state index in [4.69, 9.17) is 5.73 Å². The molecule has 5 saturated carbocycles. The molecule has 3 aromatic rings. The third-order valence-electron chi connectivity index (χ3n) is 10.4. The molecule has 9 unspecified atom stereocenters. The van der Waals surface area contributed by atoms with E-state index in [9.17, 15) is 13.7 Å². The minimum absolute atomic E-state index is 0.0863. The van der Waals surface area contributed by atoms with Crippen molar-refractivity contribution >= 4 is 21.5 Å². The molecule has 32 heavy (non-hydrogen) atoms. The topological polar surface area (TPSA) is 139 Å². The predicted molar refractivity (Wildman–Crippen MR) is 110 cm³/mol. The predicted octanol–water partition coefficient (Wildman–Crippen LogP) is 0.974. The molecular weight excluding hydrogens is 426 g/mol. The van der Waals surface area contributed by atoms with Crippen LogP contribution in [0.5, 0.6) is 0 Å². The summed E-state index contributed by atoms with van der Waals surface area (Å²) in [5.41, 5.74) is 8.40. The van der Waals surface area contributed by atoms with Gasteiger partial charge in [-0.15, -0.1) is 0 Å². The third-order valence-corrected chi connectivity index (χ3v) is 11.8. The molecule has 0 saturated heterocycles. The van der Waals surface area contributed by atoms with E-state index in [1.54, 1.807) is 22.8 Å². The summed E-state index contributed by atoms with van der Waals surface area (Å²) < 4.78 is 31.8. The fourth-order valence-electron chi connectivity index (χ4n) is 9.92. The van der Waals surface area contributed by atoms with Crippen LogP contribution in [-0.4, -0.2) is 33.5 Å². The van der Waals surface area contributed by atoms with E-state index in [0.717, 1.165) is 11.1 Å². The van der Waals surface area contributed by atoms with Gasteiger partial charge in [0.25, 0.3) is 0 Å². The molecule has 8 rings (SSSR count). The number of nitrogen functional groups attached to an aromatic ring is 1. The highest BCUT2D eigenvalue weighted by atomic mass is 32.2. The number of hydrogen-bond acceptors (Lipinski definition) is 7. The summed E-state index contributed by atoms with van der Waals surface area (Å²) in [4.78, 5) is 8.52. The summed E-state index contributed by atoms with van der Waals surface area (Å²) in [5.74, 6) is 2.95. The van der Waals surface area contributed by atoms with Gasteiger partial charge in [-0.1, -0.05) is 6.07 Å². The van der Waals surface area contributed by atoms with Crippen molar-refractivity contribution in [2.45, 2.75) is 17.4 Å². The minimum Gasteiger partial charge on any atom is -0.381 e. The maximum Gasteiger partial charge on any atom is 0.241 e. The minimum atomic E-state index is -3.70. The Morgan fingerprint density at radius 2 is 2.03 bits per heavy atom. The van der Waals surface area contributed by atoms with Crippen LogP contribution in [-0.2, 0) is 10.0 Å². The zero-order valence-corrected chi connectivity index (χ0v) is 17.7. The number of nitrogens with zero attached hydrogens (tertiary/aromatic N) is 5. The van der Waals surface area contributed by atoms with Crippen LogP contribution >= 0.6 is 0 Å². The molecule has 158 valence electrons. The molecule has 9 nitrogen and oxygen atoms in total. The van der Waals surface area contributed by atoms with Gasteiger partial charge in [0.15, 0.2) is 11.5 Å². The molecule has 10 heteroatoms. The number of aromatic nitrogens is 4. The van der Waals surface area contributed by atoms with Crippen LogP contribution in [0, 0.1) is 64.6 Å². The third kappa shape index (κ3) is 1.13. The van der Waals surface area contributed by atoms with Crippen molar-refractivity contribution in [2.75, 3.05) is 5.73 Å². The number of hydrogen-bond donors (Lipinski definition) is 2. The molecule has 0 bridgehead atoms. The van der Waals surface area contributed by atoms with Gasteiger partial charge in [0.05, 0.1) is 28.3 Å². The number of sulfonamides is 1. The summed E-state index contributed by atoms with van der Waals surface area (Å²) in [6, 6.07) is 7.80. The molecule has 5 aliphatic carbocycles. The molecule has 0 amide bonds. The molecule has 1 aromatic carbocycles. The Bertz CT molecular complexity index is 1620. The first-order valence-corrected chi connectivity index (χ1v) is 12.4. The molecule has 2 heterocycles. The van der Waals surface area contributed by atoms with E-state index < -0.39 is 10.0 Å². The zero-order chi connectivity index (χ0) is 21.6.